The number of nitrogen functional groups attached to an aromatic ring is 1. The SMILES string of the molecule is CSCC(C)N(C)c1cc(C)nc(C)c1C(=N)N. The van der Waals surface area contributed by atoms with Crippen molar-refractivity contribution in [3.8, 4) is 0 Å². The van der Waals surface area contributed by atoms with Gasteiger partial charge in [-0.2, -0.15) is 11.8 Å². The summed E-state index contributed by atoms with van der Waals surface area (Å²) in [6.45, 7) is 6.04. The third-order valence-electron chi connectivity index (χ3n) is 3.03. The van der Waals surface area contributed by atoms with Crippen LogP contribution in [0.4, 0.5) is 5.69 Å². The van der Waals surface area contributed by atoms with Gasteiger partial charge in [0.2, 0.25) is 0 Å². The molecule has 0 aliphatic carbocycles. The Morgan fingerprint density at radius 2 is 2.17 bits per heavy atom. The lowest BCUT2D eigenvalue weighted by molar-refractivity contribution is 0.762. The quantitative estimate of drug-likeness (QED) is 0.633. The van der Waals surface area contributed by atoms with Crippen LogP contribution >= 0.6 is 11.8 Å². The lowest BCUT2D eigenvalue weighted by Crippen LogP contribution is -2.33. The molecule has 0 bridgehead atoms. The van der Waals surface area contributed by atoms with Gasteiger partial charge in [0.05, 0.1) is 16.9 Å². The zero-order chi connectivity index (χ0) is 13.9. The van der Waals surface area contributed by atoms with Crippen molar-refractivity contribution < 1.29 is 0 Å². The van der Waals surface area contributed by atoms with Gasteiger partial charge in [-0.3, -0.25) is 10.4 Å². The first-order valence-electron chi connectivity index (χ1n) is 5.92. The van der Waals surface area contributed by atoms with Gasteiger partial charge in [0, 0.05) is 24.5 Å². The van der Waals surface area contributed by atoms with E-state index in [0.29, 0.717) is 6.04 Å². The van der Waals surface area contributed by atoms with E-state index in [1.54, 1.807) is 0 Å². The van der Waals surface area contributed by atoms with Crippen molar-refractivity contribution in [2.24, 2.45) is 5.73 Å². The number of nitrogens with two attached hydrogens (primary N) is 1. The van der Waals surface area contributed by atoms with Gasteiger partial charge in [-0.15, -0.1) is 0 Å². The Labute approximate surface area is 113 Å². The van der Waals surface area contributed by atoms with Crippen LogP contribution in [0.1, 0.15) is 23.9 Å². The van der Waals surface area contributed by atoms with Crippen molar-refractivity contribution in [2.75, 3.05) is 24.0 Å². The van der Waals surface area contributed by atoms with E-state index in [9.17, 15) is 0 Å². The molecular formula is C13H22N4S. The fourth-order valence-electron chi connectivity index (χ4n) is 2.01. The van der Waals surface area contributed by atoms with E-state index in [1.165, 1.54) is 0 Å². The summed E-state index contributed by atoms with van der Waals surface area (Å²) in [4.78, 5) is 6.57. The summed E-state index contributed by atoms with van der Waals surface area (Å²) in [5, 5.41) is 7.73. The van der Waals surface area contributed by atoms with E-state index in [4.69, 9.17) is 11.1 Å². The standard InChI is InChI=1S/C13H22N4S/c1-8-6-11(17(4)9(2)7-18-5)12(13(14)15)10(3)16-8/h6,9H,7H2,1-5H3,(H3,14,15). The van der Waals surface area contributed by atoms with Crippen LogP contribution in [0.15, 0.2) is 6.07 Å². The third kappa shape index (κ3) is 3.16. The Morgan fingerprint density at radius 3 is 2.67 bits per heavy atom. The number of rotatable bonds is 5. The second-order valence-corrected chi connectivity index (χ2v) is 5.48. The number of anilines is 1. The molecule has 4 nitrogen and oxygen atoms in total. The summed E-state index contributed by atoms with van der Waals surface area (Å²) in [5.41, 5.74) is 9.20. The normalized spacial score (nSPS) is 12.3. The van der Waals surface area contributed by atoms with E-state index in [2.05, 4.69) is 23.1 Å². The van der Waals surface area contributed by atoms with E-state index in [-0.39, 0.29) is 5.84 Å². The molecule has 0 aliphatic heterocycles. The minimum Gasteiger partial charge on any atom is -0.384 e. The molecule has 0 aliphatic rings. The number of thioether (sulfide) groups is 1. The van der Waals surface area contributed by atoms with Crippen molar-refractivity contribution >= 4 is 23.3 Å². The molecule has 1 atom stereocenters. The number of aryl methyl sites for hydroxylation is 2. The van der Waals surface area contributed by atoms with Crippen LogP contribution in [0.3, 0.4) is 0 Å². The number of aromatic nitrogens is 1. The molecule has 0 radical (unpaired) electrons. The van der Waals surface area contributed by atoms with E-state index < -0.39 is 0 Å². The Kier molecular flexibility index (Phi) is 5.02. The first-order chi connectivity index (χ1) is 8.38. The molecule has 100 valence electrons. The minimum atomic E-state index is 0.0817. The number of hydrogen-bond acceptors (Lipinski definition) is 4. The Hall–Kier alpha value is -1.23. The second-order valence-electron chi connectivity index (χ2n) is 4.57. The molecule has 0 fully saturated rings. The highest BCUT2D eigenvalue weighted by Crippen LogP contribution is 2.25. The molecule has 0 amide bonds. The number of nitrogens with zero attached hydrogens (tertiary/aromatic N) is 2. The molecule has 0 aromatic carbocycles. The van der Waals surface area contributed by atoms with Gasteiger partial charge in [-0.1, -0.05) is 0 Å². The molecule has 5 heteroatoms. The predicted molar refractivity (Wildman–Crippen MR) is 81.0 cm³/mol. The van der Waals surface area contributed by atoms with Gasteiger partial charge in [-0.05, 0) is 33.1 Å². The van der Waals surface area contributed by atoms with Crippen LogP contribution < -0.4 is 10.6 Å². The Bertz CT molecular complexity index is 445. The van der Waals surface area contributed by atoms with Gasteiger partial charge in [0.15, 0.2) is 0 Å². The van der Waals surface area contributed by atoms with Crippen molar-refractivity contribution in [3.63, 3.8) is 0 Å². The summed E-state index contributed by atoms with van der Waals surface area (Å²) in [7, 11) is 2.04. The molecule has 3 N–H and O–H groups in total. The van der Waals surface area contributed by atoms with Crippen molar-refractivity contribution in [1.82, 2.24) is 4.98 Å². The van der Waals surface area contributed by atoms with Crippen LogP contribution in [0.25, 0.3) is 0 Å². The van der Waals surface area contributed by atoms with Crippen molar-refractivity contribution in [2.45, 2.75) is 26.8 Å². The topological polar surface area (TPSA) is 66.0 Å². The van der Waals surface area contributed by atoms with Gasteiger partial charge in [0.25, 0.3) is 0 Å². The summed E-state index contributed by atoms with van der Waals surface area (Å²) >= 11 is 1.81. The van der Waals surface area contributed by atoms with Crippen LogP contribution in [0.2, 0.25) is 0 Å². The molecule has 0 spiro atoms. The lowest BCUT2D eigenvalue weighted by Gasteiger charge is -2.29. The summed E-state index contributed by atoms with van der Waals surface area (Å²) < 4.78 is 0. The highest BCUT2D eigenvalue weighted by Gasteiger charge is 2.18. The molecule has 1 heterocycles. The van der Waals surface area contributed by atoms with E-state index >= 15 is 0 Å². The Balaban J connectivity index is 3.25. The average Bonchev–Trinajstić information content (AvgIpc) is 2.26. The van der Waals surface area contributed by atoms with Gasteiger partial charge >= 0.3 is 0 Å². The highest BCUT2D eigenvalue weighted by molar-refractivity contribution is 7.98. The van der Waals surface area contributed by atoms with Crippen LogP contribution in [0, 0.1) is 19.3 Å². The second kappa shape index (κ2) is 6.09. The molecule has 1 rings (SSSR count). The molecule has 1 aromatic rings. The minimum absolute atomic E-state index is 0.0817. The monoisotopic (exact) mass is 266 g/mol. The predicted octanol–water partition coefficient (Wildman–Crippen LogP) is 2.17. The summed E-state index contributed by atoms with van der Waals surface area (Å²) in [6.07, 6.45) is 2.10. The molecule has 0 saturated carbocycles. The maximum Gasteiger partial charge on any atom is 0.126 e. The van der Waals surface area contributed by atoms with Gasteiger partial charge in [-0.25, -0.2) is 0 Å². The molecule has 0 saturated heterocycles. The van der Waals surface area contributed by atoms with Crippen LogP contribution in [-0.4, -0.2) is 35.9 Å². The maximum atomic E-state index is 7.73. The van der Waals surface area contributed by atoms with E-state index in [1.807, 2.05) is 38.7 Å². The number of amidine groups is 1. The molecule has 18 heavy (non-hydrogen) atoms. The highest BCUT2D eigenvalue weighted by atomic mass is 32.2. The molecular weight excluding hydrogens is 244 g/mol. The average molecular weight is 266 g/mol. The third-order valence-corrected chi connectivity index (χ3v) is 3.84. The largest absolute Gasteiger partial charge is 0.384 e. The Morgan fingerprint density at radius 1 is 1.56 bits per heavy atom. The lowest BCUT2D eigenvalue weighted by atomic mass is 10.1. The first kappa shape index (κ1) is 14.8. The molecule has 1 aromatic heterocycles. The zero-order valence-electron chi connectivity index (χ0n) is 11.7. The van der Waals surface area contributed by atoms with Gasteiger partial charge < -0.3 is 10.6 Å². The maximum absolute atomic E-state index is 7.73. The zero-order valence-corrected chi connectivity index (χ0v) is 12.6. The fraction of sp³-hybridized carbons (Fsp3) is 0.538. The summed E-state index contributed by atoms with van der Waals surface area (Å²) in [5.74, 6) is 1.12. The first-order valence-corrected chi connectivity index (χ1v) is 7.32. The summed E-state index contributed by atoms with van der Waals surface area (Å²) in [6, 6.07) is 2.39. The smallest absolute Gasteiger partial charge is 0.126 e. The van der Waals surface area contributed by atoms with Crippen molar-refractivity contribution in [3.05, 3.63) is 23.0 Å². The number of nitrogens with one attached hydrogen (secondary N) is 1. The van der Waals surface area contributed by atoms with Gasteiger partial charge in [0.1, 0.15) is 5.84 Å². The molecule has 1 unspecified atom stereocenters. The fourth-order valence-corrected chi connectivity index (χ4v) is 2.72. The van der Waals surface area contributed by atoms with Crippen LogP contribution in [-0.2, 0) is 0 Å². The van der Waals surface area contributed by atoms with Crippen molar-refractivity contribution in [1.29, 1.82) is 5.41 Å². The van der Waals surface area contributed by atoms with E-state index in [0.717, 1.165) is 28.4 Å². The number of pyridine rings is 1. The van der Waals surface area contributed by atoms with Crippen LogP contribution in [0.5, 0.6) is 0 Å². The number of hydrogen-bond donors (Lipinski definition) is 2.